The van der Waals surface area contributed by atoms with Crippen LogP contribution < -0.4 is 10.6 Å². The van der Waals surface area contributed by atoms with Crippen LogP contribution in [0.4, 0.5) is 0 Å². The number of rotatable bonds is 7. The van der Waals surface area contributed by atoms with E-state index in [1.165, 1.54) is 5.56 Å². The average molecular weight is 310 g/mol. The van der Waals surface area contributed by atoms with E-state index >= 15 is 0 Å². The minimum atomic E-state index is -0.161. The summed E-state index contributed by atoms with van der Waals surface area (Å²) < 4.78 is 0. The second-order valence-electron chi connectivity index (χ2n) is 5.33. The molecule has 0 spiro atoms. The molecule has 0 aromatic heterocycles. The average Bonchev–Trinajstić information content (AvgIpc) is 2.60. The van der Waals surface area contributed by atoms with Crippen LogP contribution in [0.1, 0.15) is 39.6 Å². The predicted molar refractivity (Wildman–Crippen MR) is 91.5 cm³/mol. The summed E-state index contributed by atoms with van der Waals surface area (Å²) in [5.41, 5.74) is 2.19. The Bertz CT molecular complexity index is 653. The highest BCUT2D eigenvalue weighted by molar-refractivity contribution is 5.99. The van der Waals surface area contributed by atoms with Gasteiger partial charge in [-0.15, -0.1) is 0 Å². The zero-order valence-corrected chi connectivity index (χ0v) is 13.3. The lowest BCUT2D eigenvalue weighted by molar-refractivity contribution is 0.0953. The maximum atomic E-state index is 12.2. The van der Waals surface area contributed by atoms with E-state index in [9.17, 15) is 9.59 Å². The van der Waals surface area contributed by atoms with Crippen LogP contribution in [0.15, 0.2) is 54.6 Å². The molecule has 0 radical (unpaired) electrons. The standard InChI is InChI=1S/C19H22N2O2/c1-2-12-20-18(22)16-9-6-10-17(14-16)19(23)21-13-11-15-7-4-3-5-8-15/h3-10,14H,2,11-13H2,1H3,(H,20,22)(H,21,23). The fraction of sp³-hybridized carbons (Fsp3) is 0.263. The van der Waals surface area contributed by atoms with Crippen LogP contribution in [0, 0.1) is 0 Å². The molecule has 0 heterocycles. The maximum Gasteiger partial charge on any atom is 0.251 e. The van der Waals surface area contributed by atoms with Crippen LogP contribution in [-0.4, -0.2) is 24.9 Å². The van der Waals surface area contributed by atoms with Crippen LogP contribution in [0.25, 0.3) is 0 Å². The molecule has 2 amide bonds. The largest absolute Gasteiger partial charge is 0.352 e. The van der Waals surface area contributed by atoms with Gasteiger partial charge in [0.15, 0.2) is 0 Å². The highest BCUT2D eigenvalue weighted by Crippen LogP contribution is 2.06. The van der Waals surface area contributed by atoms with Gasteiger partial charge in [0.25, 0.3) is 11.8 Å². The molecule has 2 aromatic rings. The normalized spacial score (nSPS) is 10.1. The Labute approximate surface area is 136 Å². The molecular formula is C19H22N2O2. The number of amides is 2. The summed E-state index contributed by atoms with van der Waals surface area (Å²) >= 11 is 0. The van der Waals surface area contributed by atoms with E-state index in [1.54, 1.807) is 24.3 Å². The van der Waals surface area contributed by atoms with Gasteiger partial charge in [0.05, 0.1) is 0 Å². The van der Waals surface area contributed by atoms with Crippen molar-refractivity contribution in [1.29, 1.82) is 0 Å². The van der Waals surface area contributed by atoms with E-state index in [4.69, 9.17) is 0 Å². The first-order chi connectivity index (χ1) is 11.2. The van der Waals surface area contributed by atoms with E-state index in [0.717, 1.165) is 12.8 Å². The smallest absolute Gasteiger partial charge is 0.251 e. The highest BCUT2D eigenvalue weighted by Gasteiger charge is 2.09. The maximum absolute atomic E-state index is 12.2. The van der Waals surface area contributed by atoms with Crippen LogP contribution in [-0.2, 0) is 6.42 Å². The molecule has 0 unspecified atom stereocenters. The zero-order chi connectivity index (χ0) is 16.5. The van der Waals surface area contributed by atoms with Gasteiger partial charge < -0.3 is 10.6 Å². The molecule has 0 bridgehead atoms. The van der Waals surface area contributed by atoms with Crippen molar-refractivity contribution in [2.75, 3.05) is 13.1 Å². The molecule has 2 rings (SSSR count). The Hall–Kier alpha value is -2.62. The van der Waals surface area contributed by atoms with Crippen LogP contribution in [0.3, 0.4) is 0 Å². The first kappa shape index (κ1) is 16.7. The SMILES string of the molecule is CCCNC(=O)c1cccc(C(=O)NCCc2ccccc2)c1. The van der Waals surface area contributed by atoms with Crippen molar-refractivity contribution >= 4 is 11.8 Å². The molecule has 0 aliphatic carbocycles. The number of nitrogens with one attached hydrogen (secondary N) is 2. The zero-order valence-electron chi connectivity index (χ0n) is 13.3. The number of hydrogen-bond acceptors (Lipinski definition) is 2. The summed E-state index contributed by atoms with van der Waals surface area (Å²) in [6, 6.07) is 16.8. The minimum Gasteiger partial charge on any atom is -0.352 e. The third kappa shape index (κ3) is 5.25. The number of hydrogen-bond donors (Lipinski definition) is 2. The minimum absolute atomic E-state index is 0.147. The van der Waals surface area contributed by atoms with Crippen molar-refractivity contribution < 1.29 is 9.59 Å². The topological polar surface area (TPSA) is 58.2 Å². The summed E-state index contributed by atoms with van der Waals surface area (Å²) in [6.07, 6.45) is 1.66. The lowest BCUT2D eigenvalue weighted by atomic mass is 10.1. The molecular weight excluding hydrogens is 288 g/mol. The van der Waals surface area contributed by atoms with Gasteiger partial charge in [-0.05, 0) is 36.6 Å². The number of carbonyl (C=O) groups is 2. The van der Waals surface area contributed by atoms with Crippen molar-refractivity contribution in [3.05, 3.63) is 71.3 Å². The molecule has 2 N–H and O–H groups in total. The Morgan fingerprint density at radius 1 is 0.826 bits per heavy atom. The molecule has 4 heteroatoms. The van der Waals surface area contributed by atoms with E-state index in [-0.39, 0.29) is 11.8 Å². The first-order valence-corrected chi connectivity index (χ1v) is 7.91. The highest BCUT2D eigenvalue weighted by atomic mass is 16.2. The molecule has 0 fully saturated rings. The summed E-state index contributed by atoms with van der Waals surface area (Å²) in [4.78, 5) is 24.1. The summed E-state index contributed by atoms with van der Waals surface area (Å²) in [5, 5.41) is 5.69. The van der Waals surface area contributed by atoms with Crippen molar-refractivity contribution in [2.45, 2.75) is 19.8 Å². The van der Waals surface area contributed by atoms with Crippen LogP contribution in [0.2, 0.25) is 0 Å². The van der Waals surface area contributed by atoms with Crippen LogP contribution in [0.5, 0.6) is 0 Å². The molecule has 4 nitrogen and oxygen atoms in total. The van der Waals surface area contributed by atoms with Crippen LogP contribution >= 0.6 is 0 Å². The molecule has 0 saturated heterocycles. The second-order valence-corrected chi connectivity index (χ2v) is 5.33. The first-order valence-electron chi connectivity index (χ1n) is 7.91. The predicted octanol–water partition coefficient (Wildman–Crippen LogP) is 2.80. The molecule has 2 aromatic carbocycles. The summed E-state index contributed by atoms with van der Waals surface area (Å²) in [7, 11) is 0. The van der Waals surface area contributed by atoms with Gasteiger partial charge >= 0.3 is 0 Å². The van der Waals surface area contributed by atoms with Crippen molar-refractivity contribution in [3.63, 3.8) is 0 Å². The molecule has 23 heavy (non-hydrogen) atoms. The second kappa shape index (κ2) is 8.73. The molecule has 120 valence electrons. The van der Waals surface area contributed by atoms with Gasteiger partial charge in [-0.1, -0.05) is 43.3 Å². The van der Waals surface area contributed by atoms with E-state index in [1.807, 2.05) is 37.3 Å². The van der Waals surface area contributed by atoms with Gasteiger partial charge in [-0.2, -0.15) is 0 Å². The number of benzene rings is 2. The third-order valence-corrected chi connectivity index (χ3v) is 3.46. The van der Waals surface area contributed by atoms with Gasteiger partial charge in [0, 0.05) is 24.2 Å². The molecule has 0 saturated carbocycles. The van der Waals surface area contributed by atoms with E-state index < -0.39 is 0 Å². The van der Waals surface area contributed by atoms with E-state index in [2.05, 4.69) is 10.6 Å². The summed E-state index contributed by atoms with van der Waals surface area (Å²) in [6.45, 7) is 3.19. The van der Waals surface area contributed by atoms with Gasteiger partial charge in [-0.25, -0.2) is 0 Å². The fourth-order valence-corrected chi connectivity index (χ4v) is 2.21. The van der Waals surface area contributed by atoms with Crippen molar-refractivity contribution in [1.82, 2.24) is 10.6 Å². The Kier molecular flexibility index (Phi) is 6.36. The van der Waals surface area contributed by atoms with Gasteiger partial charge in [-0.3, -0.25) is 9.59 Å². The lowest BCUT2D eigenvalue weighted by Gasteiger charge is -2.08. The summed E-state index contributed by atoms with van der Waals surface area (Å²) in [5.74, 6) is -0.308. The van der Waals surface area contributed by atoms with Crippen molar-refractivity contribution in [3.8, 4) is 0 Å². The Morgan fingerprint density at radius 2 is 1.43 bits per heavy atom. The Balaban J connectivity index is 1.90. The monoisotopic (exact) mass is 310 g/mol. The van der Waals surface area contributed by atoms with E-state index in [0.29, 0.717) is 24.2 Å². The third-order valence-electron chi connectivity index (χ3n) is 3.46. The lowest BCUT2D eigenvalue weighted by Crippen LogP contribution is -2.27. The van der Waals surface area contributed by atoms with Crippen molar-refractivity contribution in [2.24, 2.45) is 0 Å². The number of carbonyl (C=O) groups excluding carboxylic acids is 2. The quantitative estimate of drug-likeness (QED) is 0.826. The molecule has 0 atom stereocenters. The Morgan fingerprint density at radius 3 is 2.04 bits per heavy atom. The molecule has 0 aliphatic rings. The molecule has 0 aliphatic heterocycles. The van der Waals surface area contributed by atoms with Gasteiger partial charge in [0.1, 0.15) is 0 Å². The van der Waals surface area contributed by atoms with Gasteiger partial charge in [0.2, 0.25) is 0 Å². The fourth-order valence-electron chi connectivity index (χ4n) is 2.21.